The molecule has 0 saturated heterocycles. The monoisotopic (exact) mass is 216 g/mol. The second kappa shape index (κ2) is 4.14. The van der Waals surface area contributed by atoms with Crippen molar-refractivity contribution in [1.82, 2.24) is 15.2 Å². The van der Waals surface area contributed by atoms with Crippen molar-refractivity contribution >= 4 is 11.6 Å². The fourth-order valence-electron chi connectivity index (χ4n) is 1.44. The average molecular weight is 216 g/mol. The van der Waals surface area contributed by atoms with E-state index in [-0.39, 0.29) is 5.91 Å². The molecule has 0 radical (unpaired) electrons. The first-order valence-corrected chi connectivity index (χ1v) is 4.91. The van der Waals surface area contributed by atoms with Crippen LogP contribution in [0, 0.1) is 13.8 Å². The molecule has 1 amide bonds. The van der Waals surface area contributed by atoms with Gasteiger partial charge in [-0.1, -0.05) is 0 Å². The summed E-state index contributed by atoms with van der Waals surface area (Å²) >= 11 is 0. The maximum absolute atomic E-state index is 11.9. The van der Waals surface area contributed by atoms with E-state index in [0.717, 1.165) is 11.4 Å². The molecule has 0 fully saturated rings. The number of hydrogen-bond donors (Lipinski definition) is 2. The minimum Gasteiger partial charge on any atom is -0.319 e. The maximum atomic E-state index is 11.9. The summed E-state index contributed by atoms with van der Waals surface area (Å²) in [6.07, 6.45) is 3.17. The highest BCUT2D eigenvalue weighted by Crippen LogP contribution is 2.10. The predicted molar refractivity (Wildman–Crippen MR) is 60.3 cm³/mol. The topological polar surface area (TPSA) is 70.7 Å². The minimum absolute atomic E-state index is 0.175. The number of pyridine rings is 1. The molecule has 0 aromatic carbocycles. The largest absolute Gasteiger partial charge is 0.319 e. The van der Waals surface area contributed by atoms with E-state index in [1.54, 1.807) is 18.5 Å². The van der Waals surface area contributed by atoms with Crippen LogP contribution in [0.15, 0.2) is 24.5 Å². The van der Waals surface area contributed by atoms with Crippen LogP contribution < -0.4 is 5.32 Å². The average Bonchev–Trinajstić information content (AvgIpc) is 2.70. The lowest BCUT2D eigenvalue weighted by Gasteiger charge is -2.05. The van der Waals surface area contributed by atoms with Crippen molar-refractivity contribution in [2.24, 2.45) is 0 Å². The van der Waals surface area contributed by atoms with Gasteiger partial charge in [0.15, 0.2) is 0 Å². The summed E-state index contributed by atoms with van der Waals surface area (Å²) in [7, 11) is 0. The van der Waals surface area contributed by atoms with Crippen LogP contribution >= 0.6 is 0 Å². The summed E-state index contributed by atoms with van der Waals surface area (Å²) in [6, 6.07) is 3.59. The molecular formula is C11H12N4O. The van der Waals surface area contributed by atoms with Gasteiger partial charge in [-0.15, -0.1) is 0 Å². The van der Waals surface area contributed by atoms with E-state index >= 15 is 0 Å². The molecule has 0 unspecified atom stereocenters. The van der Waals surface area contributed by atoms with Gasteiger partial charge in [-0.2, -0.15) is 5.10 Å². The fourth-order valence-corrected chi connectivity index (χ4v) is 1.44. The maximum Gasteiger partial charge on any atom is 0.257 e. The van der Waals surface area contributed by atoms with Gasteiger partial charge in [0.1, 0.15) is 0 Å². The zero-order valence-electron chi connectivity index (χ0n) is 9.11. The number of nitrogens with zero attached hydrogens (tertiary/aromatic N) is 2. The van der Waals surface area contributed by atoms with Crippen molar-refractivity contribution < 1.29 is 4.79 Å². The van der Waals surface area contributed by atoms with Crippen molar-refractivity contribution in [3.05, 3.63) is 41.5 Å². The minimum atomic E-state index is -0.175. The third kappa shape index (κ3) is 2.08. The van der Waals surface area contributed by atoms with Crippen LogP contribution in [0.2, 0.25) is 0 Å². The summed E-state index contributed by atoms with van der Waals surface area (Å²) in [5.74, 6) is -0.175. The number of H-pyrrole nitrogens is 1. The van der Waals surface area contributed by atoms with E-state index in [2.05, 4.69) is 20.5 Å². The molecule has 2 aromatic heterocycles. The Bertz CT molecular complexity index is 505. The number of amides is 1. The predicted octanol–water partition coefficient (Wildman–Crippen LogP) is 1.67. The quantitative estimate of drug-likeness (QED) is 0.802. The number of hydrogen-bond acceptors (Lipinski definition) is 3. The molecule has 0 aliphatic heterocycles. The van der Waals surface area contributed by atoms with Gasteiger partial charge >= 0.3 is 0 Å². The molecule has 2 rings (SSSR count). The van der Waals surface area contributed by atoms with Crippen LogP contribution in [0.3, 0.4) is 0 Å². The number of nitrogens with one attached hydrogen (secondary N) is 2. The van der Waals surface area contributed by atoms with Crippen molar-refractivity contribution in [2.45, 2.75) is 13.8 Å². The van der Waals surface area contributed by atoms with Crippen LogP contribution in [0.5, 0.6) is 0 Å². The highest BCUT2D eigenvalue weighted by Gasteiger charge is 2.10. The lowest BCUT2D eigenvalue weighted by Crippen LogP contribution is -2.13. The van der Waals surface area contributed by atoms with E-state index in [9.17, 15) is 4.79 Å². The van der Waals surface area contributed by atoms with Crippen LogP contribution in [-0.2, 0) is 0 Å². The van der Waals surface area contributed by atoms with Crippen molar-refractivity contribution in [2.75, 3.05) is 5.32 Å². The van der Waals surface area contributed by atoms with E-state index < -0.39 is 0 Å². The number of aromatic amines is 1. The summed E-state index contributed by atoms with van der Waals surface area (Å²) in [5, 5.41) is 9.11. The lowest BCUT2D eigenvalue weighted by molar-refractivity contribution is 0.102. The van der Waals surface area contributed by atoms with Gasteiger partial charge in [0.25, 0.3) is 5.91 Å². The first-order chi connectivity index (χ1) is 7.66. The van der Waals surface area contributed by atoms with Gasteiger partial charge < -0.3 is 5.32 Å². The van der Waals surface area contributed by atoms with Crippen molar-refractivity contribution in [3.8, 4) is 0 Å². The summed E-state index contributed by atoms with van der Waals surface area (Å²) in [4.78, 5) is 16.1. The third-order valence-electron chi connectivity index (χ3n) is 2.23. The number of aromatic nitrogens is 3. The first-order valence-electron chi connectivity index (χ1n) is 4.91. The van der Waals surface area contributed by atoms with Crippen molar-refractivity contribution in [3.63, 3.8) is 0 Å². The normalized spacial score (nSPS) is 10.1. The number of aryl methyl sites for hydroxylation is 2. The van der Waals surface area contributed by atoms with E-state index in [1.165, 1.54) is 0 Å². The Morgan fingerprint density at radius 2 is 2.19 bits per heavy atom. The molecule has 2 aromatic rings. The molecule has 2 N–H and O–H groups in total. The zero-order valence-corrected chi connectivity index (χ0v) is 9.11. The Labute approximate surface area is 92.9 Å². The SMILES string of the molecule is Cc1ccc(C(=O)Nc2cn[nH]c2)c(C)n1. The summed E-state index contributed by atoms with van der Waals surface area (Å²) in [5.41, 5.74) is 2.84. The third-order valence-corrected chi connectivity index (χ3v) is 2.23. The Hall–Kier alpha value is -2.17. The van der Waals surface area contributed by atoms with Crippen LogP contribution in [0.1, 0.15) is 21.7 Å². The first kappa shape index (κ1) is 10.4. The smallest absolute Gasteiger partial charge is 0.257 e. The van der Waals surface area contributed by atoms with Crippen LogP contribution in [0.4, 0.5) is 5.69 Å². The second-order valence-corrected chi connectivity index (χ2v) is 3.53. The Morgan fingerprint density at radius 3 is 2.81 bits per heavy atom. The molecule has 82 valence electrons. The molecule has 0 aliphatic rings. The summed E-state index contributed by atoms with van der Waals surface area (Å²) in [6.45, 7) is 3.71. The number of carbonyl (C=O) groups is 1. The van der Waals surface area contributed by atoms with Crippen LogP contribution in [0.25, 0.3) is 0 Å². The highest BCUT2D eigenvalue weighted by molar-refractivity contribution is 6.04. The molecular weight excluding hydrogens is 204 g/mol. The van der Waals surface area contributed by atoms with E-state index in [1.807, 2.05) is 19.9 Å². The number of carbonyl (C=O) groups excluding carboxylic acids is 1. The number of anilines is 1. The Kier molecular flexibility index (Phi) is 2.68. The molecule has 2 heterocycles. The van der Waals surface area contributed by atoms with Crippen molar-refractivity contribution in [1.29, 1.82) is 0 Å². The van der Waals surface area contributed by atoms with E-state index in [4.69, 9.17) is 0 Å². The molecule has 16 heavy (non-hydrogen) atoms. The molecule has 0 aliphatic carbocycles. The Morgan fingerprint density at radius 1 is 1.38 bits per heavy atom. The molecule has 0 saturated carbocycles. The molecule has 5 nitrogen and oxygen atoms in total. The second-order valence-electron chi connectivity index (χ2n) is 3.53. The molecule has 0 atom stereocenters. The molecule has 5 heteroatoms. The zero-order chi connectivity index (χ0) is 11.5. The standard InChI is InChI=1S/C11H12N4O/c1-7-3-4-10(8(2)14-7)11(16)15-9-5-12-13-6-9/h3-6H,1-2H3,(H,12,13)(H,15,16). The molecule has 0 bridgehead atoms. The van der Waals surface area contributed by atoms with Crippen LogP contribution in [-0.4, -0.2) is 21.1 Å². The lowest BCUT2D eigenvalue weighted by atomic mass is 10.1. The highest BCUT2D eigenvalue weighted by atomic mass is 16.1. The van der Waals surface area contributed by atoms with Gasteiger partial charge in [-0.05, 0) is 26.0 Å². The fraction of sp³-hybridized carbons (Fsp3) is 0.182. The van der Waals surface area contributed by atoms with E-state index in [0.29, 0.717) is 11.3 Å². The Balaban J connectivity index is 2.21. The van der Waals surface area contributed by atoms with Gasteiger partial charge in [-0.25, -0.2) is 0 Å². The van der Waals surface area contributed by atoms with Gasteiger partial charge in [-0.3, -0.25) is 14.9 Å². The van der Waals surface area contributed by atoms with Gasteiger partial charge in [0.05, 0.1) is 23.1 Å². The summed E-state index contributed by atoms with van der Waals surface area (Å²) < 4.78 is 0. The number of rotatable bonds is 2. The molecule has 0 spiro atoms. The van der Waals surface area contributed by atoms with Gasteiger partial charge in [0, 0.05) is 11.9 Å². The van der Waals surface area contributed by atoms with Gasteiger partial charge in [0.2, 0.25) is 0 Å².